The van der Waals surface area contributed by atoms with Crippen LogP contribution in [-0.2, 0) is 9.53 Å². The highest BCUT2D eigenvalue weighted by Gasteiger charge is 2.27. The van der Waals surface area contributed by atoms with Crippen LogP contribution in [0.25, 0.3) is 0 Å². The van der Waals surface area contributed by atoms with Gasteiger partial charge in [-0.3, -0.25) is 4.79 Å². The molecule has 1 aliphatic carbocycles. The first kappa shape index (κ1) is 11.5. The van der Waals surface area contributed by atoms with Crippen LogP contribution in [0.5, 0.6) is 0 Å². The van der Waals surface area contributed by atoms with Crippen LogP contribution in [0.1, 0.15) is 40.0 Å². The number of carbonyl (C=O) groups is 1. The molecule has 0 spiro atoms. The molecule has 1 rings (SSSR count). The summed E-state index contributed by atoms with van der Waals surface area (Å²) in [5.41, 5.74) is 5.45. The summed E-state index contributed by atoms with van der Waals surface area (Å²) in [6.07, 6.45) is 3.31. The lowest BCUT2D eigenvalue weighted by Crippen LogP contribution is -2.35. The normalized spacial score (nSPS) is 35.0. The molecule has 3 nitrogen and oxygen atoms in total. The number of ether oxygens (including phenoxy) is 1. The van der Waals surface area contributed by atoms with Crippen molar-refractivity contribution in [2.45, 2.75) is 52.2 Å². The molecule has 0 radical (unpaired) electrons. The third-order valence-corrected chi connectivity index (χ3v) is 2.79. The third kappa shape index (κ3) is 3.29. The summed E-state index contributed by atoms with van der Waals surface area (Å²) in [6.45, 7) is 6.09. The molecule has 0 aliphatic heterocycles. The van der Waals surface area contributed by atoms with Crippen molar-refractivity contribution in [1.29, 1.82) is 0 Å². The summed E-state index contributed by atoms with van der Waals surface area (Å²) in [4.78, 5) is 11.3. The van der Waals surface area contributed by atoms with E-state index in [-0.39, 0.29) is 12.1 Å². The summed E-state index contributed by atoms with van der Waals surface area (Å²) in [5.74, 6) is 1.05. The molecular formula is C11H21NO2. The molecule has 0 aromatic carbocycles. The van der Waals surface area contributed by atoms with Crippen molar-refractivity contribution >= 4 is 5.97 Å². The Labute approximate surface area is 86.0 Å². The average Bonchev–Trinajstić information content (AvgIpc) is 2.01. The van der Waals surface area contributed by atoms with Gasteiger partial charge in [0.05, 0.1) is 0 Å². The number of carbonyl (C=O) groups excluding carboxylic acids is 1. The molecule has 0 heterocycles. The van der Waals surface area contributed by atoms with E-state index in [9.17, 15) is 4.79 Å². The van der Waals surface area contributed by atoms with E-state index in [1.807, 2.05) is 0 Å². The van der Waals surface area contributed by atoms with Crippen molar-refractivity contribution in [3.63, 3.8) is 0 Å². The van der Waals surface area contributed by atoms with E-state index >= 15 is 0 Å². The Bertz CT molecular complexity index is 193. The fourth-order valence-corrected chi connectivity index (χ4v) is 2.24. The second kappa shape index (κ2) is 4.78. The van der Waals surface area contributed by atoms with Gasteiger partial charge in [-0.2, -0.15) is 0 Å². The predicted molar refractivity (Wildman–Crippen MR) is 55.7 cm³/mol. The van der Waals surface area contributed by atoms with Crippen LogP contribution >= 0.6 is 0 Å². The molecular weight excluding hydrogens is 178 g/mol. The fourth-order valence-electron chi connectivity index (χ4n) is 2.24. The number of esters is 1. The van der Waals surface area contributed by atoms with Crippen molar-refractivity contribution in [3.05, 3.63) is 0 Å². The largest absolute Gasteiger partial charge is 0.461 e. The zero-order valence-corrected chi connectivity index (χ0v) is 9.32. The molecule has 3 atom stereocenters. The van der Waals surface area contributed by atoms with Crippen LogP contribution in [-0.4, -0.2) is 18.1 Å². The Morgan fingerprint density at radius 3 is 2.21 bits per heavy atom. The van der Waals surface area contributed by atoms with E-state index in [0.29, 0.717) is 11.8 Å². The van der Waals surface area contributed by atoms with Crippen LogP contribution in [0.15, 0.2) is 0 Å². The van der Waals surface area contributed by atoms with Crippen molar-refractivity contribution in [2.75, 3.05) is 0 Å². The Morgan fingerprint density at radius 1 is 1.29 bits per heavy atom. The summed E-state index contributed by atoms with van der Waals surface area (Å²) in [7, 11) is 0. The zero-order valence-electron chi connectivity index (χ0n) is 9.32. The maximum atomic E-state index is 11.3. The highest BCUT2D eigenvalue weighted by Crippen LogP contribution is 2.30. The molecule has 3 heteroatoms. The van der Waals surface area contributed by atoms with E-state index in [0.717, 1.165) is 12.8 Å². The lowest BCUT2D eigenvalue weighted by atomic mass is 9.82. The number of nitrogens with two attached hydrogens (primary N) is 1. The lowest BCUT2D eigenvalue weighted by Gasteiger charge is -2.31. The highest BCUT2D eigenvalue weighted by molar-refractivity contribution is 5.75. The van der Waals surface area contributed by atoms with Gasteiger partial charge in [0.1, 0.15) is 12.1 Å². The summed E-state index contributed by atoms with van der Waals surface area (Å²) in [5, 5.41) is 0. The highest BCUT2D eigenvalue weighted by atomic mass is 16.5. The van der Waals surface area contributed by atoms with Crippen molar-refractivity contribution in [3.8, 4) is 0 Å². The SMILES string of the molecule is CC1CC(C)CC(OC(=O)C(C)N)C1. The van der Waals surface area contributed by atoms with Crippen LogP contribution in [0.3, 0.4) is 0 Å². The Hall–Kier alpha value is -0.570. The van der Waals surface area contributed by atoms with Gasteiger partial charge in [0.25, 0.3) is 0 Å². The Kier molecular flexibility index (Phi) is 3.93. The Morgan fingerprint density at radius 2 is 1.79 bits per heavy atom. The van der Waals surface area contributed by atoms with Gasteiger partial charge in [0, 0.05) is 0 Å². The van der Waals surface area contributed by atoms with Gasteiger partial charge in [-0.15, -0.1) is 0 Å². The zero-order chi connectivity index (χ0) is 10.7. The van der Waals surface area contributed by atoms with E-state index in [1.54, 1.807) is 6.92 Å². The second-order valence-electron chi connectivity index (χ2n) is 4.77. The van der Waals surface area contributed by atoms with Gasteiger partial charge in [0.15, 0.2) is 0 Å². The number of hydrogen-bond acceptors (Lipinski definition) is 3. The first-order valence-electron chi connectivity index (χ1n) is 5.45. The maximum Gasteiger partial charge on any atom is 0.322 e. The van der Waals surface area contributed by atoms with Gasteiger partial charge < -0.3 is 10.5 Å². The first-order valence-corrected chi connectivity index (χ1v) is 5.45. The third-order valence-electron chi connectivity index (χ3n) is 2.79. The number of rotatable bonds is 2. The van der Waals surface area contributed by atoms with Crippen molar-refractivity contribution in [2.24, 2.45) is 17.6 Å². The molecule has 1 fully saturated rings. The minimum absolute atomic E-state index is 0.0900. The fraction of sp³-hybridized carbons (Fsp3) is 0.909. The van der Waals surface area contributed by atoms with Crippen molar-refractivity contribution in [1.82, 2.24) is 0 Å². The van der Waals surface area contributed by atoms with Crippen LogP contribution in [0.4, 0.5) is 0 Å². The monoisotopic (exact) mass is 199 g/mol. The summed E-state index contributed by atoms with van der Waals surface area (Å²) >= 11 is 0. The van der Waals surface area contributed by atoms with Crippen LogP contribution < -0.4 is 5.73 Å². The van der Waals surface area contributed by atoms with Gasteiger partial charge in [-0.25, -0.2) is 0 Å². The van der Waals surface area contributed by atoms with Gasteiger partial charge in [-0.1, -0.05) is 13.8 Å². The van der Waals surface area contributed by atoms with E-state index in [4.69, 9.17) is 10.5 Å². The summed E-state index contributed by atoms with van der Waals surface area (Å²) < 4.78 is 5.33. The standard InChI is InChI=1S/C11H21NO2/c1-7-4-8(2)6-10(5-7)14-11(13)9(3)12/h7-10H,4-6,12H2,1-3H3. The minimum atomic E-state index is -0.498. The smallest absolute Gasteiger partial charge is 0.322 e. The molecule has 2 N–H and O–H groups in total. The molecule has 14 heavy (non-hydrogen) atoms. The first-order chi connectivity index (χ1) is 6.49. The minimum Gasteiger partial charge on any atom is -0.461 e. The second-order valence-corrected chi connectivity index (χ2v) is 4.77. The molecule has 0 aromatic heterocycles. The Balaban J connectivity index is 2.40. The molecule has 3 unspecified atom stereocenters. The van der Waals surface area contributed by atoms with Gasteiger partial charge in [0.2, 0.25) is 0 Å². The molecule has 1 saturated carbocycles. The van der Waals surface area contributed by atoms with E-state index in [2.05, 4.69) is 13.8 Å². The van der Waals surface area contributed by atoms with Crippen molar-refractivity contribution < 1.29 is 9.53 Å². The summed E-state index contributed by atoms with van der Waals surface area (Å²) in [6, 6.07) is -0.498. The number of hydrogen-bond donors (Lipinski definition) is 1. The van der Waals surface area contributed by atoms with E-state index < -0.39 is 6.04 Å². The quantitative estimate of drug-likeness (QED) is 0.689. The molecule has 0 bridgehead atoms. The molecule has 0 saturated heterocycles. The molecule has 0 amide bonds. The van der Waals surface area contributed by atoms with Gasteiger partial charge >= 0.3 is 5.97 Å². The molecule has 1 aliphatic rings. The van der Waals surface area contributed by atoms with Gasteiger partial charge in [-0.05, 0) is 38.0 Å². The van der Waals surface area contributed by atoms with E-state index in [1.165, 1.54) is 6.42 Å². The average molecular weight is 199 g/mol. The lowest BCUT2D eigenvalue weighted by molar-refractivity contribution is -0.153. The van der Waals surface area contributed by atoms with Crippen LogP contribution in [0, 0.1) is 11.8 Å². The molecule has 82 valence electrons. The molecule has 0 aromatic rings. The predicted octanol–water partition coefficient (Wildman–Crippen LogP) is 1.70. The van der Waals surface area contributed by atoms with Crippen LogP contribution in [0.2, 0.25) is 0 Å². The maximum absolute atomic E-state index is 11.3. The topological polar surface area (TPSA) is 52.3 Å².